The quantitative estimate of drug-likeness (QED) is 0.719. The van der Waals surface area contributed by atoms with Crippen molar-refractivity contribution in [3.8, 4) is 5.75 Å². The summed E-state index contributed by atoms with van der Waals surface area (Å²) < 4.78 is 11.2. The van der Waals surface area contributed by atoms with Crippen LogP contribution in [0.25, 0.3) is 0 Å². The van der Waals surface area contributed by atoms with Gasteiger partial charge in [0, 0.05) is 37.3 Å². The van der Waals surface area contributed by atoms with Crippen LogP contribution in [0, 0.1) is 0 Å². The predicted octanol–water partition coefficient (Wildman–Crippen LogP) is 1.43. The minimum Gasteiger partial charge on any atom is -0.492 e. The van der Waals surface area contributed by atoms with Gasteiger partial charge in [0.2, 0.25) is 5.91 Å². The van der Waals surface area contributed by atoms with Gasteiger partial charge in [-0.15, -0.1) is 0 Å². The number of hydrogen-bond acceptors (Lipinski definition) is 5. The first kappa shape index (κ1) is 19.9. The van der Waals surface area contributed by atoms with Gasteiger partial charge in [-0.2, -0.15) is 0 Å². The standard InChI is InChI=1S/C21H25N3O4/c22-20(25)17-4-6-18(7-5-17)21(26)23-15-16-2-1-3-19(14-16)28-13-10-24-8-11-27-12-9-24/h1-7,14H,8-13,15H2,(H2,22,25)(H,23,26). The first-order chi connectivity index (χ1) is 13.6. The second-order valence-corrected chi connectivity index (χ2v) is 6.57. The Hall–Kier alpha value is -2.90. The van der Waals surface area contributed by atoms with Crippen molar-refractivity contribution in [3.05, 3.63) is 65.2 Å². The zero-order chi connectivity index (χ0) is 19.8. The fraction of sp³-hybridized carbons (Fsp3) is 0.333. The van der Waals surface area contributed by atoms with E-state index in [-0.39, 0.29) is 5.91 Å². The Morgan fingerprint density at radius 3 is 2.50 bits per heavy atom. The molecule has 7 nitrogen and oxygen atoms in total. The molecule has 2 aromatic rings. The molecule has 148 valence electrons. The lowest BCUT2D eigenvalue weighted by Crippen LogP contribution is -2.38. The van der Waals surface area contributed by atoms with Crippen LogP contribution >= 0.6 is 0 Å². The molecule has 7 heteroatoms. The van der Waals surface area contributed by atoms with Crippen molar-refractivity contribution in [2.45, 2.75) is 6.54 Å². The van der Waals surface area contributed by atoms with Gasteiger partial charge in [0.1, 0.15) is 12.4 Å². The summed E-state index contributed by atoms with van der Waals surface area (Å²) in [6, 6.07) is 13.9. The second kappa shape index (κ2) is 9.87. The Morgan fingerprint density at radius 2 is 1.79 bits per heavy atom. The normalized spacial score (nSPS) is 14.4. The molecule has 1 heterocycles. The number of nitrogens with two attached hydrogens (primary N) is 1. The molecule has 28 heavy (non-hydrogen) atoms. The van der Waals surface area contributed by atoms with Crippen molar-refractivity contribution in [2.75, 3.05) is 39.5 Å². The smallest absolute Gasteiger partial charge is 0.251 e. The first-order valence-corrected chi connectivity index (χ1v) is 9.32. The largest absolute Gasteiger partial charge is 0.492 e. The van der Waals surface area contributed by atoms with E-state index in [1.165, 1.54) is 0 Å². The minimum absolute atomic E-state index is 0.213. The maximum Gasteiger partial charge on any atom is 0.251 e. The molecule has 0 aliphatic carbocycles. The molecule has 0 radical (unpaired) electrons. The average molecular weight is 383 g/mol. The number of nitrogens with zero attached hydrogens (tertiary/aromatic N) is 1. The van der Waals surface area contributed by atoms with Gasteiger partial charge in [-0.3, -0.25) is 14.5 Å². The molecule has 0 atom stereocenters. The predicted molar refractivity (Wildman–Crippen MR) is 105 cm³/mol. The Labute approximate surface area is 164 Å². The lowest BCUT2D eigenvalue weighted by molar-refractivity contribution is 0.0322. The fourth-order valence-corrected chi connectivity index (χ4v) is 2.93. The lowest BCUT2D eigenvalue weighted by atomic mass is 10.1. The Balaban J connectivity index is 1.47. The molecule has 1 aliphatic heterocycles. The van der Waals surface area contributed by atoms with E-state index in [0.29, 0.717) is 24.3 Å². The average Bonchev–Trinajstić information content (AvgIpc) is 2.73. The van der Waals surface area contributed by atoms with Crippen LogP contribution in [0.4, 0.5) is 0 Å². The van der Waals surface area contributed by atoms with Crippen LogP contribution in [0.2, 0.25) is 0 Å². The van der Waals surface area contributed by atoms with Gasteiger partial charge in [0.15, 0.2) is 0 Å². The third-order valence-electron chi connectivity index (χ3n) is 4.56. The number of benzene rings is 2. The summed E-state index contributed by atoms with van der Waals surface area (Å²) in [6.45, 7) is 5.30. The number of morpholine rings is 1. The third kappa shape index (κ3) is 5.80. The zero-order valence-corrected chi connectivity index (χ0v) is 15.7. The van der Waals surface area contributed by atoms with Crippen LogP contribution in [0.5, 0.6) is 5.75 Å². The van der Waals surface area contributed by atoms with E-state index >= 15 is 0 Å². The highest BCUT2D eigenvalue weighted by atomic mass is 16.5. The van der Waals surface area contributed by atoms with E-state index in [0.717, 1.165) is 44.2 Å². The van der Waals surface area contributed by atoms with Crippen LogP contribution < -0.4 is 15.8 Å². The Kier molecular flexibility index (Phi) is 7.00. The van der Waals surface area contributed by atoms with Crippen molar-refractivity contribution in [3.63, 3.8) is 0 Å². The summed E-state index contributed by atoms with van der Waals surface area (Å²) in [5.74, 6) is 0.0536. The molecule has 3 rings (SSSR count). The molecule has 0 spiro atoms. The Bertz CT molecular complexity index is 802. The highest BCUT2D eigenvalue weighted by Crippen LogP contribution is 2.14. The SMILES string of the molecule is NC(=O)c1ccc(C(=O)NCc2cccc(OCCN3CCOCC3)c2)cc1. The van der Waals surface area contributed by atoms with Crippen molar-refractivity contribution in [2.24, 2.45) is 5.73 Å². The van der Waals surface area contributed by atoms with E-state index in [9.17, 15) is 9.59 Å². The summed E-state index contributed by atoms with van der Waals surface area (Å²) in [6.07, 6.45) is 0. The summed E-state index contributed by atoms with van der Waals surface area (Å²) in [7, 11) is 0. The molecule has 2 aromatic carbocycles. The van der Waals surface area contributed by atoms with Gasteiger partial charge < -0.3 is 20.5 Å². The summed E-state index contributed by atoms with van der Waals surface area (Å²) in [4.78, 5) is 25.7. The van der Waals surface area contributed by atoms with E-state index in [1.807, 2.05) is 24.3 Å². The molecule has 3 N–H and O–H groups in total. The van der Waals surface area contributed by atoms with E-state index < -0.39 is 5.91 Å². The maximum atomic E-state index is 12.3. The van der Waals surface area contributed by atoms with E-state index in [2.05, 4.69) is 10.2 Å². The second-order valence-electron chi connectivity index (χ2n) is 6.57. The zero-order valence-electron chi connectivity index (χ0n) is 15.7. The highest BCUT2D eigenvalue weighted by molar-refractivity contribution is 5.97. The van der Waals surface area contributed by atoms with Gasteiger partial charge in [-0.25, -0.2) is 0 Å². The maximum absolute atomic E-state index is 12.3. The number of rotatable bonds is 8. The number of primary amides is 1. The van der Waals surface area contributed by atoms with Crippen LogP contribution in [-0.2, 0) is 11.3 Å². The van der Waals surface area contributed by atoms with E-state index in [1.54, 1.807) is 24.3 Å². The molecule has 2 amide bonds. The summed E-state index contributed by atoms with van der Waals surface area (Å²) in [5.41, 5.74) is 7.00. The van der Waals surface area contributed by atoms with Crippen molar-refractivity contribution >= 4 is 11.8 Å². The van der Waals surface area contributed by atoms with Crippen LogP contribution in [-0.4, -0.2) is 56.2 Å². The molecule has 0 aromatic heterocycles. The molecule has 1 aliphatic rings. The van der Waals surface area contributed by atoms with Gasteiger partial charge >= 0.3 is 0 Å². The third-order valence-corrected chi connectivity index (χ3v) is 4.56. The number of ether oxygens (including phenoxy) is 2. The first-order valence-electron chi connectivity index (χ1n) is 9.32. The molecule has 1 fully saturated rings. The van der Waals surface area contributed by atoms with Crippen molar-refractivity contribution < 1.29 is 19.1 Å². The molecule has 1 saturated heterocycles. The van der Waals surface area contributed by atoms with E-state index in [4.69, 9.17) is 15.2 Å². The number of carbonyl (C=O) groups excluding carboxylic acids is 2. The lowest BCUT2D eigenvalue weighted by Gasteiger charge is -2.26. The minimum atomic E-state index is -0.516. The molecule has 0 unspecified atom stereocenters. The van der Waals surface area contributed by atoms with Crippen LogP contribution in [0.15, 0.2) is 48.5 Å². The van der Waals surface area contributed by atoms with Gasteiger partial charge in [-0.1, -0.05) is 12.1 Å². The summed E-state index contributed by atoms with van der Waals surface area (Å²) in [5, 5.41) is 2.87. The van der Waals surface area contributed by atoms with Gasteiger partial charge in [-0.05, 0) is 42.0 Å². The molecule has 0 saturated carbocycles. The monoisotopic (exact) mass is 383 g/mol. The molecular weight excluding hydrogens is 358 g/mol. The number of hydrogen-bond donors (Lipinski definition) is 2. The number of amides is 2. The number of carbonyl (C=O) groups is 2. The Morgan fingerprint density at radius 1 is 1.07 bits per heavy atom. The highest BCUT2D eigenvalue weighted by Gasteiger charge is 2.10. The van der Waals surface area contributed by atoms with Gasteiger partial charge in [0.05, 0.1) is 13.2 Å². The van der Waals surface area contributed by atoms with Crippen molar-refractivity contribution in [1.82, 2.24) is 10.2 Å². The summed E-state index contributed by atoms with van der Waals surface area (Å²) >= 11 is 0. The van der Waals surface area contributed by atoms with Crippen molar-refractivity contribution in [1.29, 1.82) is 0 Å². The molecular formula is C21H25N3O4. The van der Waals surface area contributed by atoms with Crippen LogP contribution in [0.3, 0.4) is 0 Å². The van der Waals surface area contributed by atoms with Gasteiger partial charge in [0.25, 0.3) is 5.91 Å². The number of nitrogens with one attached hydrogen (secondary N) is 1. The molecule has 0 bridgehead atoms. The topological polar surface area (TPSA) is 93.9 Å². The van der Waals surface area contributed by atoms with Crippen LogP contribution in [0.1, 0.15) is 26.3 Å². The fourth-order valence-electron chi connectivity index (χ4n) is 2.93.